The summed E-state index contributed by atoms with van der Waals surface area (Å²) in [4.78, 5) is 4.58. The Balaban J connectivity index is 1.64. The van der Waals surface area contributed by atoms with Crippen LogP contribution in [0.1, 0.15) is 16.1 Å². The zero-order valence-electron chi connectivity index (χ0n) is 16.1. The molecule has 1 heterocycles. The molecular weight excluding hydrogens is 416 g/mol. The number of halogens is 1. The third-order valence-electron chi connectivity index (χ3n) is 4.48. The molecule has 0 aliphatic carbocycles. The van der Waals surface area contributed by atoms with Gasteiger partial charge in [0, 0.05) is 10.6 Å². The third kappa shape index (κ3) is 4.30. The van der Waals surface area contributed by atoms with E-state index in [-0.39, 0.29) is 0 Å². The molecule has 1 aromatic heterocycles. The first-order valence-electron chi connectivity index (χ1n) is 9.20. The van der Waals surface area contributed by atoms with Crippen LogP contribution in [0.25, 0.3) is 21.9 Å². The molecule has 3 aromatic carbocycles. The summed E-state index contributed by atoms with van der Waals surface area (Å²) in [6.07, 6.45) is 1.81. The highest BCUT2D eigenvalue weighted by Gasteiger charge is 2.11. The first-order valence-corrected chi connectivity index (χ1v) is 10.4. The number of para-hydroxylation sites is 1. The lowest BCUT2D eigenvalue weighted by Crippen LogP contribution is -1.98. The number of aromatic nitrogens is 1. The second kappa shape index (κ2) is 9.00. The molecule has 0 N–H and O–H groups in total. The van der Waals surface area contributed by atoms with Crippen molar-refractivity contribution in [2.45, 2.75) is 6.61 Å². The highest BCUT2D eigenvalue weighted by atomic mass is 35.5. The van der Waals surface area contributed by atoms with Crippen LogP contribution in [0.2, 0.25) is 5.02 Å². The van der Waals surface area contributed by atoms with Crippen LogP contribution < -0.4 is 9.47 Å². The summed E-state index contributed by atoms with van der Waals surface area (Å²) in [6.45, 7) is 0.312. The van der Waals surface area contributed by atoms with Crippen molar-refractivity contribution in [1.82, 2.24) is 4.98 Å². The highest BCUT2D eigenvalue weighted by Crippen LogP contribution is 2.32. The van der Waals surface area contributed by atoms with Crippen molar-refractivity contribution in [1.29, 1.82) is 5.26 Å². The molecule has 0 amide bonds. The van der Waals surface area contributed by atoms with Gasteiger partial charge in [0.1, 0.15) is 17.7 Å². The number of nitrogens with zero attached hydrogens (tertiary/aromatic N) is 2. The topological polar surface area (TPSA) is 55.1 Å². The van der Waals surface area contributed by atoms with Gasteiger partial charge in [-0.3, -0.25) is 0 Å². The molecule has 4 nitrogen and oxygen atoms in total. The number of hydrogen-bond acceptors (Lipinski definition) is 5. The molecule has 0 radical (unpaired) electrons. The second-order valence-electron chi connectivity index (χ2n) is 6.45. The number of benzene rings is 3. The number of fused-ring (bicyclic) bond motifs is 1. The zero-order valence-corrected chi connectivity index (χ0v) is 17.7. The number of nitriles is 1. The number of hydrogen-bond donors (Lipinski definition) is 0. The maximum absolute atomic E-state index is 9.70. The van der Waals surface area contributed by atoms with E-state index in [9.17, 15) is 5.26 Å². The molecule has 4 aromatic rings. The Morgan fingerprint density at radius 1 is 1.10 bits per heavy atom. The summed E-state index contributed by atoms with van der Waals surface area (Å²) in [5.74, 6) is 1.19. The van der Waals surface area contributed by atoms with E-state index >= 15 is 0 Å². The van der Waals surface area contributed by atoms with Crippen LogP contribution in [0, 0.1) is 11.3 Å². The SMILES string of the molecule is COc1ccc(/C=C(/C#N)c2nc3ccccc3s2)cc1OCc1ccccc1Cl. The summed E-state index contributed by atoms with van der Waals surface area (Å²) >= 11 is 7.72. The van der Waals surface area contributed by atoms with Crippen molar-refractivity contribution < 1.29 is 9.47 Å². The van der Waals surface area contributed by atoms with Gasteiger partial charge >= 0.3 is 0 Å². The van der Waals surface area contributed by atoms with Crippen LogP contribution >= 0.6 is 22.9 Å². The van der Waals surface area contributed by atoms with Crippen molar-refractivity contribution in [3.63, 3.8) is 0 Å². The van der Waals surface area contributed by atoms with E-state index in [0.717, 1.165) is 21.3 Å². The van der Waals surface area contributed by atoms with Crippen LogP contribution in [0.15, 0.2) is 66.7 Å². The predicted octanol–water partition coefficient (Wildman–Crippen LogP) is 6.60. The normalized spacial score (nSPS) is 11.3. The van der Waals surface area contributed by atoms with Crippen molar-refractivity contribution in [2.24, 2.45) is 0 Å². The number of allylic oxidation sites excluding steroid dienone is 1. The van der Waals surface area contributed by atoms with Gasteiger partial charge in [0.15, 0.2) is 11.5 Å². The summed E-state index contributed by atoms with van der Waals surface area (Å²) in [7, 11) is 1.59. The van der Waals surface area contributed by atoms with Gasteiger partial charge < -0.3 is 9.47 Å². The molecule has 6 heteroatoms. The molecule has 30 heavy (non-hydrogen) atoms. The van der Waals surface area contributed by atoms with E-state index in [2.05, 4.69) is 11.1 Å². The first kappa shape index (κ1) is 20.0. The minimum Gasteiger partial charge on any atom is -0.493 e. The van der Waals surface area contributed by atoms with Crippen molar-refractivity contribution in [3.8, 4) is 17.6 Å². The van der Waals surface area contributed by atoms with E-state index in [4.69, 9.17) is 21.1 Å². The van der Waals surface area contributed by atoms with Gasteiger partial charge in [-0.25, -0.2) is 4.98 Å². The maximum Gasteiger partial charge on any atom is 0.162 e. The minimum atomic E-state index is 0.312. The number of ether oxygens (including phenoxy) is 2. The Kier molecular flexibility index (Phi) is 5.99. The number of methoxy groups -OCH3 is 1. The minimum absolute atomic E-state index is 0.312. The van der Waals surface area contributed by atoms with Crippen LogP contribution in [-0.4, -0.2) is 12.1 Å². The molecule has 148 valence electrons. The van der Waals surface area contributed by atoms with Crippen molar-refractivity contribution in [3.05, 3.63) is 87.9 Å². The van der Waals surface area contributed by atoms with Gasteiger partial charge in [-0.15, -0.1) is 11.3 Å². The average Bonchev–Trinajstić information content (AvgIpc) is 3.21. The fraction of sp³-hybridized carbons (Fsp3) is 0.0833. The predicted molar refractivity (Wildman–Crippen MR) is 122 cm³/mol. The second-order valence-corrected chi connectivity index (χ2v) is 7.88. The van der Waals surface area contributed by atoms with E-state index in [1.165, 1.54) is 11.3 Å². The fourth-order valence-electron chi connectivity index (χ4n) is 2.96. The summed E-state index contributed by atoms with van der Waals surface area (Å²) in [6, 6.07) is 23.2. The fourth-order valence-corrected chi connectivity index (χ4v) is 4.08. The van der Waals surface area contributed by atoms with E-state index in [1.807, 2.05) is 66.7 Å². The lowest BCUT2D eigenvalue weighted by Gasteiger charge is -2.12. The Labute approximate surface area is 183 Å². The smallest absolute Gasteiger partial charge is 0.162 e. The molecule has 0 aliphatic heterocycles. The molecule has 0 atom stereocenters. The Morgan fingerprint density at radius 2 is 1.90 bits per heavy atom. The lowest BCUT2D eigenvalue weighted by molar-refractivity contribution is 0.284. The summed E-state index contributed by atoms with van der Waals surface area (Å²) in [5, 5.41) is 11.0. The Hall–Kier alpha value is -3.33. The van der Waals surface area contributed by atoms with E-state index in [1.54, 1.807) is 13.2 Å². The molecule has 0 spiro atoms. The molecule has 0 fully saturated rings. The lowest BCUT2D eigenvalue weighted by atomic mass is 10.1. The summed E-state index contributed by atoms with van der Waals surface area (Å²) in [5.41, 5.74) is 3.09. The quantitative estimate of drug-likeness (QED) is 0.322. The van der Waals surface area contributed by atoms with Crippen LogP contribution in [0.5, 0.6) is 11.5 Å². The van der Waals surface area contributed by atoms with E-state index in [0.29, 0.717) is 33.7 Å². The van der Waals surface area contributed by atoms with Crippen molar-refractivity contribution >= 4 is 44.8 Å². The largest absolute Gasteiger partial charge is 0.493 e. The first-order chi connectivity index (χ1) is 14.7. The van der Waals surface area contributed by atoms with Gasteiger partial charge in [-0.2, -0.15) is 5.26 Å². The van der Waals surface area contributed by atoms with Crippen LogP contribution in [0.3, 0.4) is 0 Å². The zero-order chi connectivity index (χ0) is 20.9. The molecule has 0 saturated carbocycles. The Bertz CT molecular complexity index is 1240. The van der Waals surface area contributed by atoms with Gasteiger partial charge in [0.05, 0.1) is 22.9 Å². The maximum atomic E-state index is 9.70. The molecule has 0 aliphatic rings. The molecule has 0 bridgehead atoms. The molecular formula is C24H17ClN2O2S. The third-order valence-corrected chi connectivity index (χ3v) is 5.92. The molecule has 0 unspecified atom stereocenters. The van der Waals surface area contributed by atoms with Crippen LogP contribution in [0.4, 0.5) is 0 Å². The van der Waals surface area contributed by atoms with E-state index < -0.39 is 0 Å². The Morgan fingerprint density at radius 3 is 2.67 bits per heavy atom. The highest BCUT2D eigenvalue weighted by molar-refractivity contribution is 7.19. The van der Waals surface area contributed by atoms with Gasteiger partial charge in [-0.1, -0.05) is 48.0 Å². The monoisotopic (exact) mass is 432 g/mol. The van der Waals surface area contributed by atoms with Crippen LogP contribution in [-0.2, 0) is 6.61 Å². The average molecular weight is 433 g/mol. The molecule has 0 saturated heterocycles. The van der Waals surface area contributed by atoms with Gasteiger partial charge in [0.2, 0.25) is 0 Å². The van der Waals surface area contributed by atoms with Gasteiger partial charge in [-0.05, 0) is 42.0 Å². The summed E-state index contributed by atoms with van der Waals surface area (Å²) < 4.78 is 12.4. The standard InChI is InChI=1S/C24H17ClN2O2S/c1-28-21-11-10-16(13-22(21)29-15-17-6-2-3-7-19(17)25)12-18(14-26)24-27-20-8-4-5-9-23(20)30-24/h2-13H,15H2,1H3/b18-12-. The van der Waals surface area contributed by atoms with Crippen molar-refractivity contribution in [2.75, 3.05) is 7.11 Å². The number of rotatable bonds is 6. The number of thiazole rings is 1. The molecule has 4 rings (SSSR count). The van der Waals surface area contributed by atoms with Gasteiger partial charge in [0.25, 0.3) is 0 Å².